The number of halogens is 2. The Kier molecular flexibility index (Phi) is 7.15. The maximum absolute atomic E-state index is 11.6. The molecule has 90 valence electrons. The topological polar surface area (TPSA) is 58.6 Å². The van der Waals surface area contributed by atoms with Gasteiger partial charge in [0, 0.05) is 12.6 Å². The van der Waals surface area contributed by atoms with Crippen LogP contribution in [0.1, 0.15) is 13.8 Å². The van der Waals surface area contributed by atoms with E-state index in [1.54, 1.807) is 13.8 Å². The van der Waals surface area contributed by atoms with Gasteiger partial charge in [0.1, 0.15) is 6.61 Å². The molecule has 0 aliphatic rings. The number of rotatable bonds is 8. The van der Waals surface area contributed by atoms with Crippen LogP contribution in [0.15, 0.2) is 0 Å². The Balaban J connectivity index is 3.47. The zero-order valence-electron chi connectivity index (χ0n) is 8.87. The molecule has 0 aliphatic heterocycles. The van der Waals surface area contributed by atoms with Crippen LogP contribution in [0.5, 0.6) is 0 Å². The predicted octanol–water partition coefficient (Wildman–Crippen LogP) is 0.967. The van der Waals surface area contributed by atoms with E-state index in [0.717, 1.165) is 0 Å². The summed E-state index contributed by atoms with van der Waals surface area (Å²) in [5.74, 6) is -1.40. The van der Waals surface area contributed by atoms with Gasteiger partial charge in [0.05, 0.1) is 12.5 Å². The summed E-state index contributed by atoms with van der Waals surface area (Å²) < 4.78 is 27.9. The largest absolute Gasteiger partial charge is 0.481 e. The molecule has 4 nitrogen and oxygen atoms in total. The number of nitrogens with one attached hydrogen (secondary N) is 1. The SMILES string of the molecule is CC(NCCOCC(F)F)C(C)C(=O)O. The first kappa shape index (κ1) is 14.2. The van der Waals surface area contributed by atoms with Crippen LogP contribution in [-0.4, -0.2) is 43.3 Å². The molecule has 0 saturated carbocycles. The molecule has 0 aromatic heterocycles. The van der Waals surface area contributed by atoms with Crippen LogP contribution in [0, 0.1) is 5.92 Å². The highest BCUT2D eigenvalue weighted by Crippen LogP contribution is 2.01. The first-order chi connectivity index (χ1) is 6.95. The summed E-state index contributed by atoms with van der Waals surface area (Å²) in [5.41, 5.74) is 0. The highest BCUT2D eigenvalue weighted by Gasteiger charge is 2.18. The summed E-state index contributed by atoms with van der Waals surface area (Å²) in [6.45, 7) is 3.25. The molecule has 2 atom stereocenters. The quantitative estimate of drug-likeness (QED) is 0.604. The Bertz CT molecular complexity index is 190. The number of carboxylic acid groups (broad SMARTS) is 1. The Hall–Kier alpha value is -0.750. The second-order valence-electron chi connectivity index (χ2n) is 3.34. The number of alkyl halides is 2. The maximum atomic E-state index is 11.6. The third-order valence-electron chi connectivity index (χ3n) is 2.10. The second-order valence-corrected chi connectivity index (χ2v) is 3.34. The Morgan fingerprint density at radius 3 is 2.53 bits per heavy atom. The van der Waals surface area contributed by atoms with Gasteiger partial charge in [-0.25, -0.2) is 8.78 Å². The summed E-state index contributed by atoms with van der Waals surface area (Å²) in [5, 5.41) is 11.5. The third kappa shape index (κ3) is 7.21. The van der Waals surface area contributed by atoms with E-state index in [9.17, 15) is 13.6 Å². The average molecular weight is 225 g/mol. The standard InChI is InChI=1S/C9H17F2NO3/c1-6(9(13)14)7(2)12-3-4-15-5-8(10)11/h6-8,12H,3-5H2,1-2H3,(H,13,14). The van der Waals surface area contributed by atoms with E-state index in [1.807, 2.05) is 0 Å². The van der Waals surface area contributed by atoms with Crippen LogP contribution in [0.4, 0.5) is 8.78 Å². The van der Waals surface area contributed by atoms with E-state index in [4.69, 9.17) is 5.11 Å². The molecule has 0 fully saturated rings. The van der Waals surface area contributed by atoms with Crippen LogP contribution in [0.25, 0.3) is 0 Å². The maximum Gasteiger partial charge on any atom is 0.307 e. The van der Waals surface area contributed by atoms with Gasteiger partial charge in [0.25, 0.3) is 6.43 Å². The Morgan fingerprint density at radius 1 is 1.47 bits per heavy atom. The van der Waals surface area contributed by atoms with Gasteiger partial charge in [-0.1, -0.05) is 6.92 Å². The average Bonchev–Trinajstić information content (AvgIpc) is 2.15. The number of ether oxygens (including phenoxy) is 1. The minimum atomic E-state index is -2.46. The molecule has 6 heteroatoms. The molecule has 2 N–H and O–H groups in total. The number of hydrogen-bond acceptors (Lipinski definition) is 3. The minimum Gasteiger partial charge on any atom is -0.481 e. The summed E-state index contributed by atoms with van der Waals surface area (Å²) >= 11 is 0. The van der Waals surface area contributed by atoms with Gasteiger partial charge in [-0.15, -0.1) is 0 Å². The van der Waals surface area contributed by atoms with Crippen molar-refractivity contribution in [3.8, 4) is 0 Å². The number of carboxylic acids is 1. The highest BCUT2D eigenvalue weighted by atomic mass is 19.3. The van der Waals surface area contributed by atoms with E-state index in [2.05, 4.69) is 10.1 Å². The fraction of sp³-hybridized carbons (Fsp3) is 0.889. The van der Waals surface area contributed by atoms with Gasteiger partial charge in [0.15, 0.2) is 0 Å². The van der Waals surface area contributed by atoms with Crippen LogP contribution in [-0.2, 0) is 9.53 Å². The van der Waals surface area contributed by atoms with Crippen LogP contribution in [0.2, 0.25) is 0 Å². The molecule has 0 amide bonds. The Labute approximate surface area is 87.6 Å². The third-order valence-corrected chi connectivity index (χ3v) is 2.10. The second kappa shape index (κ2) is 7.53. The zero-order chi connectivity index (χ0) is 11.8. The fourth-order valence-electron chi connectivity index (χ4n) is 0.922. The summed E-state index contributed by atoms with van der Waals surface area (Å²) in [6, 6.07) is -0.211. The monoisotopic (exact) mass is 225 g/mol. The van der Waals surface area contributed by atoms with Crippen molar-refractivity contribution in [2.45, 2.75) is 26.3 Å². The molecule has 2 unspecified atom stereocenters. The summed E-state index contributed by atoms with van der Waals surface area (Å²) in [4.78, 5) is 10.5. The van der Waals surface area contributed by atoms with Crippen molar-refractivity contribution in [2.24, 2.45) is 5.92 Å². The molecule has 0 aromatic carbocycles. The molecular formula is C9H17F2NO3. The van der Waals surface area contributed by atoms with Gasteiger partial charge in [-0.05, 0) is 6.92 Å². The van der Waals surface area contributed by atoms with Crippen LogP contribution < -0.4 is 5.32 Å². The highest BCUT2D eigenvalue weighted by molar-refractivity contribution is 5.70. The molecular weight excluding hydrogens is 208 g/mol. The molecule has 0 rings (SSSR count). The predicted molar refractivity (Wildman–Crippen MR) is 51.1 cm³/mol. The van der Waals surface area contributed by atoms with Crippen molar-refractivity contribution in [1.29, 1.82) is 0 Å². The molecule has 0 spiro atoms. The lowest BCUT2D eigenvalue weighted by molar-refractivity contribution is -0.141. The van der Waals surface area contributed by atoms with Crippen molar-refractivity contribution in [3.63, 3.8) is 0 Å². The van der Waals surface area contributed by atoms with Crippen molar-refractivity contribution < 1.29 is 23.4 Å². The zero-order valence-corrected chi connectivity index (χ0v) is 8.87. The summed E-state index contributed by atoms with van der Waals surface area (Å²) in [7, 11) is 0. The van der Waals surface area contributed by atoms with E-state index in [0.29, 0.717) is 6.54 Å². The van der Waals surface area contributed by atoms with Crippen molar-refractivity contribution >= 4 is 5.97 Å². The molecule has 0 bridgehead atoms. The van der Waals surface area contributed by atoms with E-state index >= 15 is 0 Å². The van der Waals surface area contributed by atoms with Crippen molar-refractivity contribution in [1.82, 2.24) is 5.32 Å². The van der Waals surface area contributed by atoms with E-state index in [-0.39, 0.29) is 12.6 Å². The Morgan fingerprint density at radius 2 is 2.07 bits per heavy atom. The number of aliphatic carboxylic acids is 1. The van der Waals surface area contributed by atoms with Gasteiger partial charge in [0.2, 0.25) is 0 Å². The lowest BCUT2D eigenvalue weighted by atomic mass is 10.0. The van der Waals surface area contributed by atoms with Gasteiger partial charge >= 0.3 is 5.97 Å². The molecule has 15 heavy (non-hydrogen) atoms. The minimum absolute atomic E-state index is 0.154. The molecule has 0 radical (unpaired) electrons. The normalized spacial score (nSPS) is 15.3. The first-order valence-electron chi connectivity index (χ1n) is 4.77. The van der Waals surface area contributed by atoms with Gasteiger partial charge in [-0.2, -0.15) is 0 Å². The van der Waals surface area contributed by atoms with E-state index in [1.165, 1.54) is 0 Å². The fourth-order valence-corrected chi connectivity index (χ4v) is 0.922. The van der Waals surface area contributed by atoms with Gasteiger partial charge < -0.3 is 15.2 Å². The van der Waals surface area contributed by atoms with Gasteiger partial charge in [-0.3, -0.25) is 4.79 Å². The van der Waals surface area contributed by atoms with E-state index < -0.39 is 24.9 Å². The van der Waals surface area contributed by atoms with Crippen molar-refractivity contribution in [3.05, 3.63) is 0 Å². The first-order valence-corrected chi connectivity index (χ1v) is 4.77. The lowest BCUT2D eigenvalue weighted by Crippen LogP contribution is -2.38. The summed E-state index contributed by atoms with van der Waals surface area (Å²) in [6.07, 6.45) is -2.46. The smallest absolute Gasteiger partial charge is 0.307 e. The molecule has 0 saturated heterocycles. The molecule has 0 aliphatic carbocycles. The molecule has 0 heterocycles. The van der Waals surface area contributed by atoms with Crippen LogP contribution in [0.3, 0.4) is 0 Å². The number of hydrogen-bond donors (Lipinski definition) is 2. The number of carbonyl (C=O) groups is 1. The van der Waals surface area contributed by atoms with Crippen molar-refractivity contribution in [2.75, 3.05) is 19.8 Å². The van der Waals surface area contributed by atoms with Crippen LogP contribution >= 0.6 is 0 Å². The lowest BCUT2D eigenvalue weighted by Gasteiger charge is -2.17. The molecule has 0 aromatic rings.